The van der Waals surface area contributed by atoms with Crippen molar-refractivity contribution in [3.63, 3.8) is 0 Å². The molecule has 0 saturated carbocycles. The Kier molecular flexibility index (Phi) is 3.30. The summed E-state index contributed by atoms with van der Waals surface area (Å²) in [5.74, 6) is 2.09. The zero-order chi connectivity index (χ0) is 15.1. The molecule has 116 valence electrons. The molecule has 1 N–H and O–H groups in total. The van der Waals surface area contributed by atoms with Gasteiger partial charge in [-0.25, -0.2) is 0 Å². The number of carbonyl (C=O) groups is 1. The topological polar surface area (TPSA) is 50.8 Å². The highest BCUT2D eigenvalue weighted by Crippen LogP contribution is 2.41. The Bertz CT molecular complexity index is 592. The zero-order valence-electron chi connectivity index (χ0n) is 12.6. The van der Waals surface area contributed by atoms with E-state index in [1.54, 1.807) is 6.07 Å². The van der Waals surface area contributed by atoms with E-state index in [2.05, 4.69) is 11.9 Å². The summed E-state index contributed by atoms with van der Waals surface area (Å²) in [7, 11) is 0. The number of rotatable bonds is 3. The molecule has 1 fully saturated rings. The third-order valence-corrected chi connectivity index (χ3v) is 4.84. The maximum atomic E-state index is 12.6. The van der Waals surface area contributed by atoms with E-state index in [4.69, 9.17) is 9.47 Å². The second-order valence-corrected chi connectivity index (χ2v) is 6.14. The van der Waals surface area contributed by atoms with Crippen LogP contribution in [0.4, 0.5) is 0 Å². The molecule has 0 aliphatic carbocycles. The molecule has 5 nitrogen and oxygen atoms in total. The van der Waals surface area contributed by atoms with Crippen molar-refractivity contribution < 1.29 is 14.3 Å². The number of carbonyl (C=O) groups excluding carboxylic acids is 1. The Labute approximate surface area is 129 Å². The van der Waals surface area contributed by atoms with Gasteiger partial charge in [0.15, 0.2) is 11.5 Å². The highest BCUT2D eigenvalue weighted by atomic mass is 16.7. The highest BCUT2D eigenvalue weighted by molar-refractivity contribution is 6.09. The molecule has 3 heterocycles. The van der Waals surface area contributed by atoms with E-state index in [0.717, 1.165) is 37.3 Å². The second-order valence-electron chi connectivity index (χ2n) is 6.14. The molecule has 22 heavy (non-hydrogen) atoms. The predicted octanol–water partition coefficient (Wildman–Crippen LogP) is 2.23. The van der Waals surface area contributed by atoms with Crippen molar-refractivity contribution >= 4 is 11.6 Å². The summed E-state index contributed by atoms with van der Waals surface area (Å²) in [5.41, 5.74) is 2.34. The molecule has 1 saturated heterocycles. The number of fused-ring (bicyclic) bond motifs is 2. The fourth-order valence-corrected chi connectivity index (χ4v) is 3.49. The van der Waals surface area contributed by atoms with E-state index in [1.165, 1.54) is 12.8 Å². The first-order chi connectivity index (χ1) is 10.7. The molecular weight excluding hydrogens is 280 g/mol. The minimum atomic E-state index is 0.0345. The number of amides is 1. The van der Waals surface area contributed by atoms with Crippen LogP contribution < -0.4 is 14.8 Å². The molecule has 0 bridgehead atoms. The first-order valence-electron chi connectivity index (χ1n) is 7.89. The summed E-state index contributed by atoms with van der Waals surface area (Å²) < 4.78 is 10.8. The second kappa shape index (κ2) is 5.32. The Balaban J connectivity index is 1.51. The Morgan fingerprint density at radius 2 is 1.86 bits per heavy atom. The first kappa shape index (κ1) is 13.6. The van der Waals surface area contributed by atoms with Crippen molar-refractivity contribution in [2.24, 2.45) is 5.92 Å². The molecule has 0 spiro atoms. The number of benzene rings is 1. The van der Waals surface area contributed by atoms with E-state index in [-0.39, 0.29) is 12.7 Å². The molecule has 1 aromatic carbocycles. The van der Waals surface area contributed by atoms with Gasteiger partial charge in [-0.1, -0.05) is 6.58 Å². The lowest BCUT2D eigenvalue weighted by Crippen LogP contribution is -2.31. The summed E-state index contributed by atoms with van der Waals surface area (Å²) in [6, 6.07) is 3.66. The van der Waals surface area contributed by atoms with E-state index in [1.807, 2.05) is 11.0 Å². The van der Waals surface area contributed by atoms with Crippen LogP contribution in [0, 0.1) is 5.92 Å². The molecule has 5 heteroatoms. The maximum absolute atomic E-state index is 12.6. The Morgan fingerprint density at radius 3 is 2.59 bits per heavy atom. The zero-order valence-corrected chi connectivity index (χ0v) is 12.6. The van der Waals surface area contributed by atoms with Crippen molar-refractivity contribution in [1.29, 1.82) is 0 Å². The molecule has 1 amide bonds. The molecule has 0 atom stereocenters. The third kappa shape index (κ3) is 2.16. The minimum Gasteiger partial charge on any atom is -0.454 e. The smallest absolute Gasteiger partial charge is 0.259 e. The molecule has 0 unspecified atom stereocenters. The number of ether oxygens (including phenoxy) is 2. The van der Waals surface area contributed by atoms with E-state index in [0.29, 0.717) is 23.0 Å². The minimum absolute atomic E-state index is 0.0345. The number of piperidine rings is 1. The van der Waals surface area contributed by atoms with E-state index >= 15 is 0 Å². The van der Waals surface area contributed by atoms with Crippen molar-refractivity contribution in [3.05, 3.63) is 29.8 Å². The van der Waals surface area contributed by atoms with Crippen molar-refractivity contribution in [1.82, 2.24) is 10.2 Å². The molecule has 3 aliphatic heterocycles. The maximum Gasteiger partial charge on any atom is 0.259 e. The largest absolute Gasteiger partial charge is 0.454 e. The standard InChI is InChI=1S/C17H20N2O3/c1-11-13-8-15-16(22-10-21-15)9-14(13)17(20)19(11)7-4-12-2-5-18-6-3-12/h8-9,12,18H,1-7,10H2. The summed E-state index contributed by atoms with van der Waals surface area (Å²) in [4.78, 5) is 14.4. The summed E-state index contributed by atoms with van der Waals surface area (Å²) in [6.07, 6.45) is 3.42. The number of nitrogens with zero attached hydrogens (tertiary/aromatic N) is 1. The summed E-state index contributed by atoms with van der Waals surface area (Å²) in [5, 5.41) is 3.37. The van der Waals surface area contributed by atoms with Gasteiger partial charge in [0.1, 0.15) is 0 Å². The Hall–Kier alpha value is -2.01. The van der Waals surface area contributed by atoms with Gasteiger partial charge in [0.25, 0.3) is 5.91 Å². The number of hydrogen-bond acceptors (Lipinski definition) is 4. The van der Waals surface area contributed by atoms with Gasteiger partial charge in [0, 0.05) is 17.8 Å². The average Bonchev–Trinajstić information content (AvgIpc) is 3.09. The third-order valence-electron chi connectivity index (χ3n) is 4.84. The lowest BCUT2D eigenvalue weighted by molar-refractivity contribution is 0.0842. The fourth-order valence-electron chi connectivity index (χ4n) is 3.49. The lowest BCUT2D eigenvalue weighted by atomic mass is 9.94. The van der Waals surface area contributed by atoms with Crippen LogP contribution in [-0.4, -0.2) is 37.2 Å². The normalized spacial score (nSPS) is 20.6. The summed E-state index contributed by atoms with van der Waals surface area (Å²) >= 11 is 0. The van der Waals surface area contributed by atoms with Crippen LogP contribution in [0.25, 0.3) is 5.70 Å². The van der Waals surface area contributed by atoms with Gasteiger partial charge >= 0.3 is 0 Å². The number of nitrogens with one attached hydrogen (secondary N) is 1. The monoisotopic (exact) mass is 300 g/mol. The van der Waals surface area contributed by atoms with Crippen molar-refractivity contribution in [2.45, 2.75) is 19.3 Å². The van der Waals surface area contributed by atoms with Gasteiger partial charge in [-0.15, -0.1) is 0 Å². The van der Waals surface area contributed by atoms with Crippen LogP contribution in [-0.2, 0) is 0 Å². The van der Waals surface area contributed by atoms with Gasteiger partial charge < -0.3 is 19.7 Å². The fraction of sp³-hybridized carbons (Fsp3) is 0.471. The molecule has 0 aromatic heterocycles. The lowest BCUT2D eigenvalue weighted by Gasteiger charge is -2.25. The summed E-state index contributed by atoms with van der Waals surface area (Å²) in [6.45, 7) is 7.24. The quantitative estimate of drug-likeness (QED) is 0.930. The number of hydrogen-bond donors (Lipinski definition) is 1. The van der Waals surface area contributed by atoms with Crippen LogP contribution in [0.15, 0.2) is 18.7 Å². The SMILES string of the molecule is C=C1c2cc3c(cc2C(=O)N1CCC1CCNCC1)OCO3. The van der Waals surface area contributed by atoms with Crippen LogP contribution in [0.1, 0.15) is 35.2 Å². The van der Waals surface area contributed by atoms with Crippen molar-refractivity contribution in [3.8, 4) is 11.5 Å². The molecular formula is C17H20N2O3. The molecule has 4 rings (SSSR count). The van der Waals surface area contributed by atoms with Gasteiger partial charge in [-0.05, 0) is 50.4 Å². The van der Waals surface area contributed by atoms with Crippen LogP contribution >= 0.6 is 0 Å². The predicted molar refractivity (Wildman–Crippen MR) is 82.8 cm³/mol. The molecule has 0 radical (unpaired) electrons. The average molecular weight is 300 g/mol. The van der Waals surface area contributed by atoms with Gasteiger partial charge in [-0.3, -0.25) is 4.79 Å². The van der Waals surface area contributed by atoms with Gasteiger partial charge in [0.2, 0.25) is 6.79 Å². The van der Waals surface area contributed by atoms with Gasteiger partial charge in [-0.2, -0.15) is 0 Å². The molecule has 1 aromatic rings. The van der Waals surface area contributed by atoms with E-state index < -0.39 is 0 Å². The van der Waals surface area contributed by atoms with Crippen LogP contribution in [0.3, 0.4) is 0 Å². The van der Waals surface area contributed by atoms with Crippen LogP contribution in [0.2, 0.25) is 0 Å². The Morgan fingerprint density at radius 1 is 1.18 bits per heavy atom. The first-order valence-corrected chi connectivity index (χ1v) is 7.89. The highest BCUT2D eigenvalue weighted by Gasteiger charge is 2.34. The van der Waals surface area contributed by atoms with Gasteiger partial charge in [0.05, 0.1) is 5.56 Å². The van der Waals surface area contributed by atoms with Crippen LogP contribution in [0.5, 0.6) is 11.5 Å². The van der Waals surface area contributed by atoms with Crippen molar-refractivity contribution in [2.75, 3.05) is 26.4 Å². The van der Waals surface area contributed by atoms with E-state index in [9.17, 15) is 4.79 Å². The molecule has 3 aliphatic rings.